The number of carbonyl (C=O) groups excluding carboxylic acids is 2. The van der Waals surface area contributed by atoms with Crippen LogP contribution in [0.3, 0.4) is 0 Å². The average molecular weight is 946 g/mol. The van der Waals surface area contributed by atoms with Gasteiger partial charge in [-0.05, 0) is 90.9 Å². The summed E-state index contributed by atoms with van der Waals surface area (Å²) in [6.45, 7) is 21.5. The summed E-state index contributed by atoms with van der Waals surface area (Å²) in [6, 6.07) is 0.712. The predicted molar refractivity (Wildman–Crippen MR) is 305 cm³/mol. The first-order chi connectivity index (χ1) is 32.7. The van der Waals surface area contributed by atoms with Crippen LogP contribution in [0.1, 0.15) is 337 Å². The van der Waals surface area contributed by atoms with Gasteiger partial charge in [0, 0.05) is 25.3 Å². The molecular formula is C63H128N2O2. The maximum absolute atomic E-state index is 12.8. The zero-order valence-corrected chi connectivity index (χ0v) is 48.0. The van der Waals surface area contributed by atoms with E-state index in [2.05, 4.69) is 65.4 Å². The van der Waals surface area contributed by atoms with E-state index < -0.39 is 0 Å². The number of hydrogen-bond donors (Lipinski definition) is 1. The molecule has 0 aromatic heterocycles. The highest BCUT2D eigenvalue weighted by Gasteiger charge is 2.15. The van der Waals surface area contributed by atoms with Gasteiger partial charge in [-0.3, -0.25) is 4.79 Å². The van der Waals surface area contributed by atoms with Crippen molar-refractivity contribution < 1.29 is 9.59 Å². The summed E-state index contributed by atoms with van der Waals surface area (Å²) in [5.41, 5.74) is 0. The Morgan fingerprint density at radius 1 is 0.478 bits per heavy atom. The van der Waals surface area contributed by atoms with Gasteiger partial charge in [0.05, 0.1) is 0 Å². The van der Waals surface area contributed by atoms with Gasteiger partial charge in [0.15, 0.2) is 0 Å². The van der Waals surface area contributed by atoms with E-state index in [4.69, 9.17) is 0 Å². The van der Waals surface area contributed by atoms with E-state index in [-0.39, 0.29) is 0 Å². The Morgan fingerprint density at radius 3 is 1.25 bits per heavy atom. The molecule has 0 aromatic rings. The summed E-state index contributed by atoms with van der Waals surface area (Å²) in [4.78, 5) is 26.5. The first-order valence-corrected chi connectivity index (χ1v) is 30.6. The largest absolute Gasteiger partial charge is 0.320 e. The lowest BCUT2D eigenvalue weighted by Gasteiger charge is -2.28. The van der Waals surface area contributed by atoms with Gasteiger partial charge in [0.1, 0.15) is 11.6 Å². The van der Waals surface area contributed by atoms with Crippen molar-refractivity contribution in [2.24, 2.45) is 11.8 Å². The topological polar surface area (TPSA) is 49.4 Å². The lowest BCUT2D eigenvalue weighted by atomic mass is 9.89. The molecule has 4 nitrogen and oxygen atoms in total. The Kier molecular flexibility index (Phi) is 64.1. The highest BCUT2D eigenvalue weighted by Crippen LogP contribution is 2.24. The van der Waals surface area contributed by atoms with E-state index in [1.54, 1.807) is 6.92 Å². The maximum atomic E-state index is 12.8. The summed E-state index contributed by atoms with van der Waals surface area (Å²) in [5, 5.41) is 3.29. The van der Waals surface area contributed by atoms with Gasteiger partial charge in [-0.25, -0.2) is 0 Å². The smallest absolute Gasteiger partial charge is 0.133 e. The second-order valence-electron chi connectivity index (χ2n) is 21.6. The molecule has 0 aromatic carbocycles. The molecule has 0 rings (SSSR count). The molecule has 402 valence electrons. The van der Waals surface area contributed by atoms with Gasteiger partial charge in [0.25, 0.3) is 0 Å². The molecule has 0 aliphatic heterocycles. The van der Waals surface area contributed by atoms with Crippen molar-refractivity contribution in [3.63, 3.8) is 0 Å². The molecule has 0 fully saturated rings. The van der Waals surface area contributed by atoms with Gasteiger partial charge >= 0.3 is 0 Å². The number of hydrogen-bond acceptors (Lipinski definition) is 4. The van der Waals surface area contributed by atoms with Crippen LogP contribution < -0.4 is 5.32 Å². The average Bonchev–Trinajstić information content (AvgIpc) is 3.31. The minimum absolute atomic E-state index is 0.333. The molecule has 0 saturated carbocycles. The van der Waals surface area contributed by atoms with Crippen molar-refractivity contribution in [3.05, 3.63) is 12.7 Å². The minimum atomic E-state index is 0.333. The Hall–Kier alpha value is -1.00. The van der Waals surface area contributed by atoms with E-state index >= 15 is 0 Å². The van der Waals surface area contributed by atoms with Crippen molar-refractivity contribution in [3.8, 4) is 0 Å². The van der Waals surface area contributed by atoms with E-state index in [9.17, 15) is 9.59 Å². The fourth-order valence-electron chi connectivity index (χ4n) is 9.69. The number of nitrogens with one attached hydrogen (secondary N) is 1. The summed E-state index contributed by atoms with van der Waals surface area (Å²) in [7, 11) is 4.38. The molecular weight excluding hydrogens is 817 g/mol. The number of carbonyl (C=O) groups is 2. The Bertz CT molecular complexity index is 926. The van der Waals surface area contributed by atoms with Crippen LogP contribution in [0.15, 0.2) is 12.7 Å². The van der Waals surface area contributed by atoms with Crippen LogP contribution in [0, 0.1) is 11.8 Å². The third-order valence-electron chi connectivity index (χ3n) is 14.4. The number of allylic oxidation sites excluding steroid dienone is 1. The highest BCUT2D eigenvalue weighted by atomic mass is 16.1. The van der Waals surface area contributed by atoms with E-state index in [1.165, 1.54) is 263 Å². The Labute approximate surface area is 424 Å². The van der Waals surface area contributed by atoms with Crippen LogP contribution >= 0.6 is 0 Å². The maximum Gasteiger partial charge on any atom is 0.133 e. The quantitative estimate of drug-likeness (QED) is 0.0488. The number of unbranched alkanes of at least 4 members (excludes halogenated alkanes) is 28. The zero-order chi connectivity index (χ0) is 50.1. The van der Waals surface area contributed by atoms with Crippen molar-refractivity contribution >= 4 is 11.6 Å². The van der Waals surface area contributed by atoms with Crippen molar-refractivity contribution in [1.82, 2.24) is 10.2 Å². The van der Waals surface area contributed by atoms with Crippen molar-refractivity contribution in [1.29, 1.82) is 0 Å². The van der Waals surface area contributed by atoms with Gasteiger partial charge in [-0.1, -0.05) is 272 Å². The molecule has 0 aliphatic rings. The molecule has 0 saturated heterocycles. The fourth-order valence-corrected chi connectivity index (χ4v) is 9.69. The van der Waals surface area contributed by atoms with Crippen LogP contribution in [-0.4, -0.2) is 49.7 Å². The summed E-state index contributed by atoms with van der Waals surface area (Å²) < 4.78 is 0. The summed E-state index contributed by atoms with van der Waals surface area (Å²) >= 11 is 0. The third kappa shape index (κ3) is 61.1. The molecule has 0 bridgehead atoms. The van der Waals surface area contributed by atoms with Gasteiger partial charge in [0.2, 0.25) is 0 Å². The van der Waals surface area contributed by atoms with Crippen molar-refractivity contribution in [2.45, 2.75) is 343 Å². The molecule has 1 atom stereocenters. The molecule has 4 heteroatoms. The van der Waals surface area contributed by atoms with Crippen LogP contribution in [0.25, 0.3) is 0 Å². The summed E-state index contributed by atoms with van der Waals surface area (Å²) in [6.07, 6.45) is 60.5. The Morgan fingerprint density at radius 2 is 0.836 bits per heavy atom. The number of nitrogens with zero attached hydrogens (tertiary/aromatic N) is 1. The first-order valence-electron chi connectivity index (χ1n) is 30.6. The summed E-state index contributed by atoms with van der Waals surface area (Å²) in [5.74, 6) is 2.49. The van der Waals surface area contributed by atoms with E-state index in [0.29, 0.717) is 23.5 Å². The molecule has 1 N–H and O–H groups in total. The van der Waals surface area contributed by atoms with Crippen LogP contribution in [0.2, 0.25) is 0 Å². The first kappa shape index (κ1) is 70.3. The Balaban J connectivity index is -0.00000138. The molecule has 0 aliphatic carbocycles. The SMILES string of the molecule is C=CCCCCCCCC.CCCCCCC(C)CCCCCC.CCCCCCC(CCCCCC)CC(=O)CCCCCCCCC(CCCCCCCCC(C)=O)N(C)CCCNC. The molecule has 1 unspecified atom stereocenters. The lowest BCUT2D eigenvalue weighted by molar-refractivity contribution is -0.120. The third-order valence-corrected chi connectivity index (χ3v) is 14.4. The second kappa shape index (κ2) is 61.1. The van der Waals surface area contributed by atoms with Gasteiger partial charge < -0.3 is 15.0 Å². The molecule has 0 spiro atoms. The number of ketones is 2. The minimum Gasteiger partial charge on any atom is -0.320 e. The monoisotopic (exact) mass is 945 g/mol. The lowest BCUT2D eigenvalue weighted by Crippen LogP contribution is -2.33. The van der Waals surface area contributed by atoms with E-state index in [1.807, 2.05) is 13.1 Å². The fraction of sp³-hybridized carbons (Fsp3) is 0.937. The van der Waals surface area contributed by atoms with E-state index in [0.717, 1.165) is 44.6 Å². The highest BCUT2D eigenvalue weighted by molar-refractivity contribution is 5.78. The van der Waals surface area contributed by atoms with Crippen LogP contribution in [-0.2, 0) is 9.59 Å². The van der Waals surface area contributed by atoms with Gasteiger partial charge in [-0.2, -0.15) is 0 Å². The van der Waals surface area contributed by atoms with Gasteiger partial charge in [-0.15, -0.1) is 6.58 Å². The van der Waals surface area contributed by atoms with Crippen LogP contribution in [0.5, 0.6) is 0 Å². The number of rotatable bonds is 52. The van der Waals surface area contributed by atoms with Crippen molar-refractivity contribution in [2.75, 3.05) is 27.2 Å². The zero-order valence-electron chi connectivity index (χ0n) is 48.0. The normalized spacial score (nSPS) is 11.8. The second-order valence-corrected chi connectivity index (χ2v) is 21.6. The molecule has 0 radical (unpaired) electrons. The molecule has 0 amide bonds. The molecule has 67 heavy (non-hydrogen) atoms. The van der Waals surface area contributed by atoms with Crippen LogP contribution in [0.4, 0.5) is 0 Å². The number of Topliss-reactive ketones (excluding diaryl/α,β-unsaturated/α-hetero) is 2. The molecule has 0 heterocycles. The standard InChI is InChI=1S/C39H78N2O2.C14H30.C10H20/c1-6-8-10-21-28-37(29-22-11-9-7-2)35-39(43)32-25-19-15-14-18-24-31-38(41(5)34-26-33-40-4)30-23-17-13-12-16-20-27-36(3)42;1-4-6-8-10-12-14(3)13-11-9-7-5-2;1-3-5-7-9-10-8-6-4-2/h37-38,40H,6-35H2,1-5H3;14H,4-13H2,1-3H3;3H,1,4-10H2,2H3. The predicted octanol–water partition coefficient (Wildman–Crippen LogP) is 20.7.